The summed E-state index contributed by atoms with van der Waals surface area (Å²) in [7, 11) is 0. The van der Waals surface area contributed by atoms with Crippen molar-refractivity contribution in [2.45, 2.75) is 66.2 Å². The minimum absolute atomic E-state index is 0. The van der Waals surface area contributed by atoms with Crippen molar-refractivity contribution in [2.75, 3.05) is 0 Å². The molecule has 0 amide bonds. The second-order valence-electron chi connectivity index (χ2n) is 4.80. The van der Waals surface area contributed by atoms with E-state index in [0.29, 0.717) is 0 Å². The van der Waals surface area contributed by atoms with E-state index in [9.17, 15) is 0 Å². The summed E-state index contributed by atoms with van der Waals surface area (Å²) in [5, 5.41) is 0. The molecule has 1 radical (unpaired) electrons. The Morgan fingerprint density at radius 3 is 1.73 bits per heavy atom. The first-order valence-electron chi connectivity index (χ1n) is 7.51. The molecule has 2 aliphatic rings. The van der Waals surface area contributed by atoms with E-state index in [0.717, 1.165) is 12.3 Å². The zero-order valence-electron chi connectivity index (χ0n) is 13.0. The number of rotatable bonds is 2. The van der Waals surface area contributed by atoms with Gasteiger partial charge in [0.1, 0.15) is 0 Å². The van der Waals surface area contributed by atoms with Crippen LogP contribution in [-0.2, 0) is 32.7 Å². The van der Waals surface area contributed by atoms with Crippen LogP contribution in [0.25, 0.3) is 0 Å². The van der Waals surface area contributed by atoms with E-state index in [1.807, 2.05) is 6.08 Å². The summed E-state index contributed by atoms with van der Waals surface area (Å²) >= 11 is 0. The number of hydrogen-bond acceptors (Lipinski definition) is 0. The Balaban J connectivity index is -0.000000106. The average Bonchev–Trinajstić information content (AvgIpc) is 2.52. The first kappa shape index (κ1) is 29.9. The fourth-order valence-electron chi connectivity index (χ4n) is 1.91. The van der Waals surface area contributed by atoms with E-state index < -0.39 is 0 Å². The molecule has 0 aromatic heterocycles. The maximum absolute atomic E-state index is 3.75. The van der Waals surface area contributed by atoms with Gasteiger partial charge in [0.2, 0.25) is 0 Å². The molecule has 0 spiro atoms. The van der Waals surface area contributed by atoms with Crippen LogP contribution in [-0.4, -0.2) is 0 Å². The molecule has 22 heavy (non-hydrogen) atoms. The van der Waals surface area contributed by atoms with E-state index in [4.69, 9.17) is 0 Å². The van der Waals surface area contributed by atoms with Crippen molar-refractivity contribution in [3.63, 3.8) is 0 Å². The Morgan fingerprint density at radius 1 is 1.00 bits per heavy atom. The van der Waals surface area contributed by atoms with Crippen molar-refractivity contribution in [1.82, 2.24) is 0 Å². The molecule has 0 fully saturated rings. The first-order chi connectivity index (χ1) is 9.35. The zero-order valence-corrected chi connectivity index (χ0v) is 15.8. The van der Waals surface area contributed by atoms with Gasteiger partial charge in [0.25, 0.3) is 0 Å². The maximum atomic E-state index is 3.75. The molecular weight excluding hydrogens is 341 g/mol. The van der Waals surface area contributed by atoms with Gasteiger partial charge in [-0.25, -0.2) is 19.4 Å². The first-order valence-corrected chi connectivity index (χ1v) is 7.51. The Morgan fingerprint density at radius 2 is 1.55 bits per heavy atom. The molecule has 2 rings (SSSR count). The molecule has 127 valence electrons. The third kappa shape index (κ3) is 22.2. The van der Waals surface area contributed by atoms with Crippen LogP contribution in [0.2, 0.25) is 0 Å². The zero-order chi connectivity index (χ0) is 14.2. The summed E-state index contributed by atoms with van der Waals surface area (Å²) in [5.74, 6) is 0.764. The summed E-state index contributed by atoms with van der Waals surface area (Å²) in [6.45, 7) is 10.8. The van der Waals surface area contributed by atoms with Gasteiger partial charge in [-0.15, -0.1) is 6.58 Å². The third-order valence-corrected chi connectivity index (χ3v) is 3.13. The van der Waals surface area contributed by atoms with Crippen molar-refractivity contribution < 1.29 is 32.7 Å². The third-order valence-electron chi connectivity index (χ3n) is 3.13. The molecule has 0 saturated heterocycles. The second-order valence-corrected chi connectivity index (χ2v) is 4.80. The van der Waals surface area contributed by atoms with Gasteiger partial charge in [0, 0.05) is 32.7 Å². The van der Waals surface area contributed by atoms with Gasteiger partial charge in [-0.3, -0.25) is 6.08 Å². The predicted molar refractivity (Wildman–Crippen MR) is 102 cm³/mol. The van der Waals surface area contributed by atoms with Crippen LogP contribution < -0.4 is 0 Å². The molecule has 0 aromatic carbocycles. The quantitative estimate of drug-likeness (QED) is 0.344. The van der Waals surface area contributed by atoms with Gasteiger partial charge in [0.15, 0.2) is 0 Å². The molecule has 1 unspecified atom stereocenters. The summed E-state index contributed by atoms with van der Waals surface area (Å²) in [6.07, 6.45) is 24.8. The normalized spacial score (nSPS) is 18.1. The Labute approximate surface area is 167 Å². The van der Waals surface area contributed by atoms with Crippen LogP contribution in [0.4, 0.5) is 0 Å². The monoisotopic (exact) mass is 379 g/mol. The molecule has 0 heterocycles. The summed E-state index contributed by atoms with van der Waals surface area (Å²) in [5.41, 5.74) is 0. The smallest absolute Gasteiger partial charge is 0 e. The van der Waals surface area contributed by atoms with E-state index >= 15 is 0 Å². The van der Waals surface area contributed by atoms with Crippen LogP contribution in [0.1, 0.15) is 66.2 Å². The largest absolute Gasteiger partial charge is 0.356 e. The van der Waals surface area contributed by atoms with Crippen LogP contribution in [0.5, 0.6) is 0 Å². The fraction of sp³-hybridized carbons (Fsp3) is 0.524. The predicted octanol–water partition coefficient (Wildman–Crippen LogP) is 7.52. The topological polar surface area (TPSA) is 0 Å². The fourth-order valence-corrected chi connectivity index (χ4v) is 1.91. The Hall–Kier alpha value is -0.0661. The van der Waals surface area contributed by atoms with E-state index in [1.54, 1.807) is 6.08 Å². The second kappa shape index (κ2) is 25.9. The van der Waals surface area contributed by atoms with Crippen molar-refractivity contribution >= 4 is 0 Å². The summed E-state index contributed by atoms with van der Waals surface area (Å²) in [4.78, 5) is 0. The van der Waals surface area contributed by atoms with Crippen LogP contribution >= 0.6 is 0 Å². The van der Waals surface area contributed by atoms with Gasteiger partial charge in [-0.05, 0) is 50.9 Å². The van der Waals surface area contributed by atoms with Gasteiger partial charge in [0.05, 0.1) is 0 Å². The van der Waals surface area contributed by atoms with E-state index in [1.165, 1.54) is 44.9 Å². The van der Waals surface area contributed by atoms with Gasteiger partial charge in [-0.1, -0.05) is 45.2 Å². The minimum Gasteiger partial charge on any atom is -0.356 e. The van der Waals surface area contributed by atoms with Crippen molar-refractivity contribution in [3.05, 3.63) is 63.0 Å². The summed E-state index contributed by atoms with van der Waals surface area (Å²) in [6, 6.07) is 0. The van der Waals surface area contributed by atoms with Crippen LogP contribution in [0.3, 0.4) is 0 Å². The molecular formula is C21H38Y-2. The molecule has 0 saturated carbocycles. The number of allylic oxidation sites excluding steroid dienone is 7. The van der Waals surface area contributed by atoms with Crippen LogP contribution in [0, 0.1) is 19.8 Å². The molecule has 0 N–H and O–H groups in total. The van der Waals surface area contributed by atoms with Gasteiger partial charge < -0.3 is 6.92 Å². The molecule has 0 aliphatic heterocycles. The van der Waals surface area contributed by atoms with Gasteiger partial charge >= 0.3 is 0 Å². The van der Waals surface area contributed by atoms with Crippen molar-refractivity contribution in [3.8, 4) is 0 Å². The molecule has 0 nitrogen and oxygen atoms in total. The molecule has 0 bridgehead atoms. The van der Waals surface area contributed by atoms with E-state index in [2.05, 4.69) is 50.8 Å². The average molecular weight is 379 g/mol. The standard InChI is InChI=1S/C8H12.C6H10.C5H8.2CH4.Y/c1-2-8-6-4-3-5-7-8;1-2-4-6-5-3-1;1-3-5-4-2;;;/h2-4,8H,1,5-7H2;1-2H,3-6H2;3,5H,1-2,4H2;2*1H4;/q;;-2;;;. The maximum Gasteiger partial charge on any atom is 0 e. The minimum atomic E-state index is 0. The van der Waals surface area contributed by atoms with Crippen molar-refractivity contribution in [1.29, 1.82) is 0 Å². The van der Waals surface area contributed by atoms with E-state index in [-0.39, 0.29) is 47.6 Å². The van der Waals surface area contributed by atoms with Crippen LogP contribution in [0.15, 0.2) is 49.1 Å². The number of hydrogen-bond donors (Lipinski definition) is 0. The Bertz CT molecular complexity index is 266. The van der Waals surface area contributed by atoms with Crippen molar-refractivity contribution in [2.24, 2.45) is 5.92 Å². The molecule has 0 aromatic rings. The van der Waals surface area contributed by atoms with Gasteiger partial charge in [-0.2, -0.15) is 0 Å². The molecule has 2 aliphatic carbocycles. The Kier molecular flexibility index (Phi) is 35.1. The molecule has 1 atom stereocenters. The summed E-state index contributed by atoms with van der Waals surface area (Å²) < 4.78 is 0. The SMILES string of the molecule is C.C.C1=CCCCC1.C=CC1CC=CCC1.[CH2-]C=CC[CH2-].[Y]. The molecule has 1 heteroatoms.